The van der Waals surface area contributed by atoms with E-state index in [1.165, 1.54) is 48.7 Å². The summed E-state index contributed by atoms with van der Waals surface area (Å²) in [5.74, 6) is -5.88. The molecule has 2 aliphatic rings. The number of anilines is 2. The molecular formula is C29H22ClF2N7O4. The van der Waals surface area contributed by atoms with Gasteiger partial charge in [-0.05, 0) is 30.3 Å². The van der Waals surface area contributed by atoms with Crippen molar-refractivity contribution in [2.45, 2.75) is 49.4 Å². The molecule has 2 fully saturated rings. The quantitative estimate of drug-likeness (QED) is 0.415. The second-order valence-corrected chi connectivity index (χ2v) is 10.5. The first-order chi connectivity index (χ1) is 20.5. The highest BCUT2D eigenvalue weighted by Crippen LogP contribution is 2.39. The predicted octanol–water partition coefficient (Wildman–Crippen LogP) is 3.03. The van der Waals surface area contributed by atoms with Crippen molar-refractivity contribution in [1.29, 1.82) is 10.5 Å². The third-order valence-corrected chi connectivity index (χ3v) is 7.52. The van der Waals surface area contributed by atoms with Crippen molar-refractivity contribution >= 4 is 41.0 Å². The molecule has 3 atom stereocenters. The Morgan fingerprint density at radius 1 is 1.14 bits per heavy atom. The Kier molecular flexibility index (Phi) is 8.04. The van der Waals surface area contributed by atoms with E-state index in [0.717, 1.165) is 9.80 Å². The van der Waals surface area contributed by atoms with Crippen LogP contribution in [-0.2, 0) is 14.4 Å². The second-order valence-electron chi connectivity index (χ2n) is 10.1. The lowest BCUT2D eigenvalue weighted by Gasteiger charge is -2.39. The van der Waals surface area contributed by atoms with Gasteiger partial charge in [-0.2, -0.15) is 10.5 Å². The summed E-state index contributed by atoms with van der Waals surface area (Å²) in [7, 11) is 0. The molecule has 2 aromatic carbocycles. The molecule has 1 saturated carbocycles. The number of rotatable bonds is 7. The number of benzene rings is 2. The Hall–Kier alpha value is -4.98. The van der Waals surface area contributed by atoms with Gasteiger partial charge in [0.15, 0.2) is 0 Å². The molecule has 0 spiro atoms. The molecule has 1 saturated heterocycles. The normalized spacial score (nSPS) is 20.0. The maximum Gasteiger partial charge on any atom is 0.259 e. The minimum absolute atomic E-state index is 0.0588. The molecular weight excluding hydrogens is 584 g/mol. The van der Waals surface area contributed by atoms with Crippen molar-refractivity contribution in [3.05, 3.63) is 82.6 Å². The largest absolute Gasteiger partial charge is 0.383 e. The van der Waals surface area contributed by atoms with Gasteiger partial charge in [-0.25, -0.2) is 18.7 Å². The van der Waals surface area contributed by atoms with Gasteiger partial charge >= 0.3 is 0 Å². The molecule has 2 N–H and O–H groups in total. The number of hydrogen-bond donors (Lipinski definition) is 2. The van der Waals surface area contributed by atoms with E-state index >= 15 is 0 Å². The summed E-state index contributed by atoms with van der Waals surface area (Å²) in [6, 6.07) is 13.1. The molecule has 11 nitrogen and oxygen atoms in total. The topological polar surface area (TPSA) is 163 Å². The zero-order valence-corrected chi connectivity index (χ0v) is 22.9. The lowest BCUT2D eigenvalue weighted by molar-refractivity contribution is -0.133. The van der Waals surface area contributed by atoms with Crippen LogP contribution in [0.1, 0.15) is 42.1 Å². The fraction of sp³-hybridized carbons (Fsp3) is 0.276. The van der Waals surface area contributed by atoms with Crippen molar-refractivity contribution in [1.82, 2.24) is 15.3 Å². The molecule has 43 heavy (non-hydrogen) atoms. The van der Waals surface area contributed by atoms with Gasteiger partial charge in [0.1, 0.15) is 30.0 Å². The van der Waals surface area contributed by atoms with Gasteiger partial charge in [-0.1, -0.05) is 35.9 Å². The summed E-state index contributed by atoms with van der Waals surface area (Å²) in [5, 5.41) is 32.1. The van der Waals surface area contributed by atoms with Crippen molar-refractivity contribution in [2.24, 2.45) is 0 Å². The van der Waals surface area contributed by atoms with Crippen molar-refractivity contribution < 1.29 is 28.3 Å². The molecule has 3 amide bonds. The molecule has 1 aliphatic carbocycles. The lowest BCUT2D eigenvalue weighted by Crippen LogP contribution is -2.56. The smallest absolute Gasteiger partial charge is 0.259 e. The Labute approximate surface area is 248 Å². The highest BCUT2D eigenvalue weighted by Gasteiger charge is 2.50. The fourth-order valence-corrected chi connectivity index (χ4v) is 5.37. The Morgan fingerprint density at radius 3 is 2.56 bits per heavy atom. The van der Waals surface area contributed by atoms with Gasteiger partial charge < -0.3 is 10.4 Å². The number of alkyl halides is 2. The first-order valence-electron chi connectivity index (χ1n) is 13.0. The van der Waals surface area contributed by atoms with Gasteiger partial charge in [-0.15, -0.1) is 0 Å². The number of aromatic nitrogens is 2. The van der Waals surface area contributed by atoms with E-state index in [1.54, 1.807) is 12.1 Å². The van der Waals surface area contributed by atoms with E-state index in [4.69, 9.17) is 11.6 Å². The first kappa shape index (κ1) is 29.5. The van der Waals surface area contributed by atoms with E-state index in [-0.39, 0.29) is 33.5 Å². The fourth-order valence-electron chi connectivity index (χ4n) is 5.13. The number of nitrogens with one attached hydrogen (secondary N) is 1. The number of nitrogens with zero attached hydrogens (tertiary/aromatic N) is 6. The van der Waals surface area contributed by atoms with Gasteiger partial charge in [0.25, 0.3) is 17.7 Å². The molecule has 2 heterocycles. The minimum Gasteiger partial charge on any atom is -0.383 e. The summed E-state index contributed by atoms with van der Waals surface area (Å²) in [5.41, 5.74) is 0.234. The zero-order chi connectivity index (χ0) is 30.9. The van der Waals surface area contributed by atoms with Gasteiger partial charge in [0, 0.05) is 47.8 Å². The average Bonchev–Trinajstić information content (AvgIpc) is 3.28. The molecule has 5 rings (SSSR count). The zero-order valence-electron chi connectivity index (χ0n) is 22.2. The first-order valence-corrected chi connectivity index (χ1v) is 13.4. The average molecular weight is 606 g/mol. The van der Waals surface area contributed by atoms with Crippen molar-refractivity contribution in [3.63, 3.8) is 0 Å². The van der Waals surface area contributed by atoms with Crippen LogP contribution in [0.5, 0.6) is 0 Å². The molecule has 218 valence electrons. The number of carbonyl (C=O) groups is 3. The van der Waals surface area contributed by atoms with Crippen molar-refractivity contribution in [3.8, 4) is 12.1 Å². The number of aliphatic hydroxyl groups is 1. The third kappa shape index (κ3) is 5.86. The molecule has 0 unspecified atom stereocenters. The van der Waals surface area contributed by atoms with Crippen LogP contribution in [0.15, 0.2) is 60.8 Å². The number of aliphatic hydroxyl groups excluding tert-OH is 1. The van der Waals surface area contributed by atoms with E-state index in [0.29, 0.717) is 0 Å². The van der Waals surface area contributed by atoms with Crippen LogP contribution in [0.25, 0.3) is 0 Å². The molecule has 3 aromatic rings. The number of hydrogen-bond acceptors (Lipinski definition) is 8. The molecule has 0 radical (unpaired) electrons. The summed E-state index contributed by atoms with van der Waals surface area (Å²) < 4.78 is 27.3. The minimum atomic E-state index is -2.94. The molecule has 14 heteroatoms. The van der Waals surface area contributed by atoms with Gasteiger partial charge in [0.2, 0.25) is 11.9 Å². The molecule has 1 aromatic heterocycles. The number of carbonyl (C=O) groups excluding carboxylic acids is 3. The SMILES string of the molecule is N#Cc1cccc(N(C(=O)[C@@H]2C[C@@H](O)C(=O)N2c2nccc(C#N)n2)[C@H](C(=O)NC2CC(F)(F)C2)c2ccccc2Cl)c1. The van der Waals surface area contributed by atoms with Crippen LogP contribution in [-0.4, -0.2) is 56.9 Å². The van der Waals surface area contributed by atoms with Gasteiger partial charge in [-0.3, -0.25) is 24.2 Å². The number of halogens is 3. The second kappa shape index (κ2) is 11.7. The monoisotopic (exact) mass is 605 g/mol. The van der Waals surface area contributed by atoms with Crippen LogP contribution < -0.4 is 15.1 Å². The van der Waals surface area contributed by atoms with Crippen LogP contribution in [0.2, 0.25) is 5.02 Å². The van der Waals surface area contributed by atoms with Gasteiger partial charge in [0.05, 0.1) is 11.6 Å². The van der Waals surface area contributed by atoms with Crippen LogP contribution >= 0.6 is 11.6 Å². The van der Waals surface area contributed by atoms with E-state index in [1.807, 2.05) is 12.1 Å². The summed E-state index contributed by atoms with van der Waals surface area (Å²) in [6.07, 6.45) is -2.02. The Bertz CT molecular complexity index is 1680. The highest BCUT2D eigenvalue weighted by molar-refractivity contribution is 6.31. The van der Waals surface area contributed by atoms with Crippen LogP contribution in [0.3, 0.4) is 0 Å². The Morgan fingerprint density at radius 2 is 1.88 bits per heavy atom. The number of nitriles is 2. The maximum absolute atomic E-state index is 14.6. The summed E-state index contributed by atoms with van der Waals surface area (Å²) in [4.78, 5) is 51.4. The lowest BCUT2D eigenvalue weighted by atomic mass is 9.87. The standard InChI is InChI=1S/C29H22ClF2N7O4/c30-21-7-2-1-6-20(21)24(25(41)36-18-12-29(31,32)13-18)38(19-5-3-4-16(10-19)14-33)26(42)22-11-23(40)27(43)39(22)28-35-9-8-17(15-34)37-28/h1-10,18,22-24,40H,11-13H2,(H,36,41)/t22-,23+,24-/m0/s1. The summed E-state index contributed by atoms with van der Waals surface area (Å²) in [6.45, 7) is 0. The maximum atomic E-state index is 14.6. The van der Waals surface area contributed by atoms with E-state index in [2.05, 4.69) is 15.3 Å². The highest BCUT2D eigenvalue weighted by atomic mass is 35.5. The van der Waals surface area contributed by atoms with E-state index < -0.39 is 67.1 Å². The third-order valence-electron chi connectivity index (χ3n) is 7.17. The predicted molar refractivity (Wildman–Crippen MR) is 148 cm³/mol. The van der Waals surface area contributed by atoms with Crippen LogP contribution in [0, 0.1) is 22.7 Å². The summed E-state index contributed by atoms with van der Waals surface area (Å²) >= 11 is 6.51. The Balaban J connectivity index is 1.64. The number of amides is 3. The molecule has 1 aliphatic heterocycles. The molecule has 0 bridgehead atoms. The van der Waals surface area contributed by atoms with E-state index in [9.17, 15) is 38.8 Å². The van der Waals surface area contributed by atoms with Crippen LogP contribution in [0.4, 0.5) is 20.4 Å². The van der Waals surface area contributed by atoms with Crippen molar-refractivity contribution in [2.75, 3.05) is 9.80 Å².